The van der Waals surface area contributed by atoms with Crippen molar-refractivity contribution in [1.29, 1.82) is 0 Å². The van der Waals surface area contributed by atoms with Gasteiger partial charge in [-0.05, 0) is 24.1 Å². The summed E-state index contributed by atoms with van der Waals surface area (Å²) in [7, 11) is 1.71. The minimum absolute atomic E-state index is 0.331. The van der Waals surface area contributed by atoms with E-state index in [0.717, 1.165) is 24.3 Å². The molecule has 1 N–H and O–H groups in total. The van der Waals surface area contributed by atoms with E-state index < -0.39 is 0 Å². The number of hydrogen-bond donors (Lipinski definition) is 1. The van der Waals surface area contributed by atoms with Gasteiger partial charge in [0.25, 0.3) is 0 Å². The third kappa shape index (κ3) is 4.24. The van der Waals surface area contributed by atoms with E-state index in [9.17, 15) is 5.11 Å². The minimum atomic E-state index is -0.331. The fraction of sp³-hybridized carbons (Fsp3) is 0.500. The number of thioether (sulfide) groups is 1. The van der Waals surface area contributed by atoms with E-state index in [-0.39, 0.29) is 6.10 Å². The van der Waals surface area contributed by atoms with Gasteiger partial charge >= 0.3 is 0 Å². The molecule has 0 aromatic heterocycles. The highest BCUT2D eigenvalue weighted by Gasteiger charge is 2.03. The Bertz CT molecular complexity index is 271. The minimum Gasteiger partial charge on any atom is -0.388 e. The third-order valence-corrected chi connectivity index (χ3v) is 3.18. The zero-order valence-corrected chi connectivity index (χ0v) is 10.1. The molecule has 2 nitrogen and oxygen atoms in total. The maximum Gasteiger partial charge on any atom is 0.0787 e. The average Bonchev–Trinajstić information content (AvgIpc) is 2.29. The molecule has 0 bridgehead atoms. The first-order chi connectivity index (χ1) is 7.27. The Morgan fingerprint density at radius 3 is 2.53 bits per heavy atom. The van der Waals surface area contributed by atoms with Crippen molar-refractivity contribution in [3.8, 4) is 0 Å². The highest BCUT2D eigenvalue weighted by Crippen LogP contribution is 2.22. The predicted molar refractivity (Wildman–Crippen MR) is 64.3 cm³/mol. The summed E-state index contributed by atoms with van der Waals surface area (Å²) in [6.07, 6.45) is 0.430. The molecular weight excluding hydrogens is 208 g/mol. The molecule has 3 heteroatoms. The zero-order valence-electron chi connectivity index (χ0n) is 9.27. The molecule has 1 aromatic rings. The Balaban J connectivity index is 2.49. The Labute approximate surface area is 95.7 Å². The van der Waals surface area contributed by atoms with Crippen LogP contribution in [0.5, 0.6) is 0 Å². The van der Waals surface area contributed by atoms with Crippen molar-refractivity contribution in [3.63, 3.8) is 0 Å². The van der Waals surface area contributed by atoms with Crippen molar-refractivity contribution in [1.82, 2.24) is 0 Å². The van der Waals surface area contributed by atoms with Crippen molar-refractivity contribution in [3.05, 3.63) is 29.8 Å². The van der Waals surface area contributed by atoms with Gasteiger partial charge in [0.2, 0.25) is 0 Å². The molecule has 1 rings (SSSR count). The Morgan fingerprint density at radius 1 is 1.33 bits per heavy atom. The lowest BCUT2D eigenvalue weighted by atomic mass is 10.1. The molecular formula is C12H18O2S. The second-order valence-electron chi connectivity index (χ2n) is 3.33. The Kier molecular flexibility index (Phi) is 5.76. The molecule has 0 heterocycles. The van der Waals surface area contributed by atoms with E-state index in [1.807, 2.05) is 19.1 Å². The summed E-state index contributed by atoms with van der Waals surface area (Å²) in [6.45, 7) is 2.75. The van der Waals surface area contributed by atoms with Gasteiger partial charge in [-0.1, -0.05) is 19.1 Å². The first-order valence-corrected chi connectivity index (χ1v) is 6.16. The normalized spacial score (nSPS) is 12.7. The lowest BCUT2D eigenvalue weighted by Gasteiger charge is -2.08. The first kappa shape index (κ1) is 12.6. The maximum absolute atomic E-state index is 9.61. The molecule has 1 atom stereocenters. The number of benzene rings is 1. The molecule has 0 aliphatic carbocycles. The van der Waals surface area contributed by atoms with Gasteiger partial charge in [0, 0.05) is 17.8 Å². The van der Waals surface area contributed by atoms with Crippen molar-refractivity contribution in [2.24, 2.45) is 0 Å². The standard InChI is InChI=1S/C12H18O2S/c1-3-12(13)10-4-6-11(7-5-10)15-9-8-14-2/h4-7,12-13H,3,8-9H2,1-2H3. The number of aliphatic hydroxyl groups excluding tert-OH is 1. The zero-order chi connectivity index (χ0) is 11.1. The molecule has 0 saturated heterocycles. The van der Waals surface area contributed by atoms with Gasteiger partial charge in [-0.15, -0.1) is 11.8 Å². The molecule has 0 radical (unpaired) electrons. The molecule has 1 unspecified atom stereocenters. The Hall–Kier alpha value is -0.510. The van der Waals surface area contributed by atoms with Crippen LogP contribution in [0.4, 0.5) is 0 Å². The molecule has 0 aliphatic rings. The molecule has 1 aromatic carbocycles. The molecule has 0 fully saturated rings. The predicted octanol–water partition coefficient (Wildman–Crippen LogP) is 2.87. The van der Waals surface area contributed by atoms with Crippen LogP contribution in [0.25, 0.3) is 0 Å². The van der Waals surface area contributed by atoms with E-state index in [0.29, 0.717) is 0 Å². The second kappa shape index (κ2) is 6.88. The molecule has 84 valence electrons. The highest BCUT2D eigenvalue weighted by atomic mass is 32.2. The van der Waals surface area contributed by atoms with Gasteiger partial charge in [-0.3, -0.25) is 0 Å². The topological polar surface area (TPSA) is 29.5 Å². The van der Waals surface area contributed by atoms with Crippen molar-refractivity contribution in [2.45, 2.75) is 24.3 Å². The highest BCUT2D eigenvalue weighted by molar-refractivity contribution is 7.99. The largest absolute Gasteiger partial charge is 0.388 e. The summed E-state index contributed by atoms with van der Waals surface area (Å²) in [6, 6.07) is 8.08. The van der Waals surface area contributed by atoms with E-state index in [1.165, 1.54) is 4.90 Å². The van der Waals surface area contributed by atoms with Crippen LogP contribution in [-0.2, 0) is 4.74 Å². The number of rotatable bonds is 6. The average molecular weight is 226 g/mol. The van der Waals surface area contributed by atoms with Gasteiger partial charge in [-0.2, -0.15) is 0 Å². The van der Waals surface area contributed by atoms with Crippen LogP contribution in [0.3, 0.4) is 0 Å². The molecule has 0 spiro atoms. The van der Waals surface area contributed by atoms with Gasteiger partial charge < -0.3 is 9.84 Å². The van der Waals surface area contributed by atoms with E-state index in [2.05, 4.69) is 12.1 Å². The smallest absolute Gasteiger partial charge is 0.0787 e. The van der Waals surface area contributed by atoms with Gasteiger partial charge in [0.1, 0.15) is 0 Å². The van der Waals surface area contributed by atoms with E-state index in [1.54, 1.807) is 18.9 Å². The SMILES string of the molecule is CCC(O)c1ccc(SCCOC)cc1. The van der Waals surface area contributed by atoms with E-state index >= 15 is 0 Å². The number of aliphatic hydroxyl groups is 1. The van der Waals surface area contributed by atoms with Gasteiger partial charge in [-0.25, -0.2) is 0 Å². The van der Waals surface area contributed by atoms with Crippen molar-refractivity contribution >= 4 is 11.8 Å². The third-order valence-electron chi connectivity index (χ3n) is 2.21. The van der Waals surface area contributed by atoms with Crippen LogP contribution in [-0.4, -0.2) is 24.6 Å². The van der Waals surface area contributed by atoms with E-state index in [4.69, 9.17) is 4.74 Å². The lowest BCUT2D eigenvalue weighted by molar-refractivity contribution is 0.173. The summed E-state index contributed by atoms with van der Waals surface area (Å²) in [5.41, 5.74) is 0.994. The summed E-state index contributed by atoms with van der Waals surface area (Å²) in [5, 5.41) is 9.61. The van der Waals surface area contributed by atoms with Gasteiger partial charge in [0.05, 0.1) is 12.7 Å². The molecule has 0 amide bonds. The van der Waals surface area contributed by atoms with Crippen LogP contribution < -0.4 is 0 Å². The summed E-state index contributed by atoms with van der Waals surface area (Å²) >= 11 is 1.77. The number of ether oxygens (including phenoxy) is 1. The fourth-order valence-electron chi connectivity index (χ4n) is 1.26. The summed E-state index contributed by atoms with van der Waals surface area (Å²) in [5.74, 6) is 0.964. The second-order valence-corrected chi connectivity index (χ2v) is 4.50. The quantitative estimate of drug-likeness (QED) is 0.597. The summed E-state index contributed by atoms with van der Waals surface area (Å²) in [4.78, 5) is 1.22. The Morgan fingerprint density at radius 2 is 2.00 bits per heavy atom. The van der Waals surface area contributed by atoms with Crippen molar-refractivity contribution < 1.29 is 9.84 Å². The number of hydrogen-bond acceptors (Lipinski definition) is 3. The first-order valence-electron chi connectivity index (χ1n) is 5.17. The molecule has 15 heavy (non-hydrogen) atoms. The van der Waals surface area contributed by atoms with Crippen LogP contribution in [0.1, 0.15) is 25.0 Å². The lowest BCUT2D eigenvalue weighted by Crippen LogP contribution is -1.95. The van der Waals surface area contributed by atoms with Crippen LogP contribution in [0, 0.1) is 0 Å². The van der Waals surface area contributed by atoms with Crippen LogP contribution in [0.2, 0.25) is 0 Å². The maximum atomic E-state index is 9.61. The molecule has 0 aliphatic heterocycles. The van der Waals surface area contributed by atoms with Crippen LogP contribution in [0.15, 0.2) is 29.2 Å². The van der Waals surface area contributed by atoms with Crippen LogP contribution >= 0.6 is 11.8 Å². The molecule has 0 saturated carbocycles. The van der Waals surface area contributed by atoms with Crippen molar-refractivity contribution in [2.75, 3.05) is 19.5 Å². The summed E-state index contributed by atoms with van der Waals surface area (Å²) < 4.78 is 4.98. The monoisotopic (exact) mass is 226 g/mol. The fourth-order valence-corrected chi connectivity index (χ4v) is 2.08. The van der Waals surface area contributed by atoms with Gasteiger partial charge in [0.15, 0.2) is 0 Å². The number of methoxy groups -OCH3 is 1.